The number of carbonyl (C=O) groups is 1. The van der Waals surface area contributed by atoms with Gasteiger partial charge in [0.05, 0.1) is 6.04 Å². The van der Waals surface area contributed by atoms with Crippen LogP contribution < -0.4 is 5.32 Å². The lowest BCUT2D eigenvalue weighted by Gasteiger charge is -2.41. The van der Waals surface area contributed by atoms with E-state index in [9.17, 15) is 4.79 Å². The third kappa shape index (κ3) is 3.29. The fourth-order valence-electron chi connectivity index (χ4n) is 3.56. The van der Waals surface area contributed by atoms with Crippen molar-refractivity contribution in [3.63, 3.8) is 0 Å². The van der Waals surface area contributed by atoms with Crippen LogP contribution in [-0.2, 0) is 4.79 Å². The summed E-state index contributed by atoms with van der Waals surface area (Å²) in [4.78, 5) is 16.9. The Balaban J connectivity index is 1.92. The fourth-order valence-corrected chi connectivity index (χ4v) is 3.56. The Bertz CT molecular complexity index is 302. The second-order valence-electron chi connectivity index (χ2n) is 6.06. The number of rotatable bonds is 4. The van der Waals surface area contributed by atoms with Gasteiger partial charge in [-0.05, 0) is 39.2 Å². The van der Waals surface area contributed by atoms with E-state index in [0.29, 0.717) is 17.9 Å². The SMILES string of the molecule is CCC1CN(C(C)C(=O)N2CCCC2)CCC1NC. The average Bonchev–Trinajstić information content (AvgIpc) is 2.99. The molecule has 2 saturated heterocycles. The number of hydrogen-bond acceptors (Lipinski definition) is 3. The van der Waals surface area contributed by atoms with Crippen LogP contribution in [0.4, 0.5) is 0 Å². The number of nitrogens with one attached hydrogen (secondary N) is 1. The zero-order valence-corrected chi connectivity index (χ0v) is 12.7. The van der Waals surface area contributed by atoms with Crippen LogP contribution >= 0.6 is 0 Å². The molecule has 1 amide bonds. The molecule has 2 aliphatic heterocycles. The van der Waals surface area contributed by atoms with Crippen molar-refractivity contribution in [3.05, 3.63) is 0 Å². The summed E-state index contributed by atoms with van der Waals surface area (Å²) in [6.45, 7) is 8.38. The summed E-state index contributed by atoms with van der Waals surface area (Å²) in [7, 11) is 2.06. The second kappa shape index (κ2) is 6.71. The summed E-state index contributed by atoms with van der Waals surface area (Å²) >= 11 is 0. The van der Waals surface area contributed by atoms with Crippen molar-refractivity contribution >= 4 is 5.91 Å². The average molecular weight is 267 g/mol. The highest BCUT2D eigenvalue weighted by molar-refractivity contribution is 5.81. The highest BCUT2D eigenvalue weighted by Gasteiger charge is 2.33. The van der Waals surface area contributed by atoms with Crippen LogP contribution in [0.15, 0.2) is 0 Å². The first kappa shape index (κ1) is 14.8. The van der Waals surface area contributed by atoms with E-state index in [0.717, 1.165) is 32.6 Å². The molecule has 3 atom stereocenters. The third-order valence-corrected chi connectivity index (χ3v) is 4.98. The number of likely N-dealkylation sites (tertiary alicyclic amines) is 2. The van der Waals surface area contributed by atoms with Crippen molar-refractivity contribution in [2.24, 2.45) is 5.92 Å². The van der Waals surface area contributed by atoms with Gasteiger partial charge in [-0.3, -0.25) is 9.69 Å². The molecule has 110 valence electrons. The van der Waals surface area contributed by atoms with Crippen LogP contribution in [0.2, 0.25) is 0 Å². The van der Waals surface area contributed by atoms with Gasteiger partial charge >= 0.3 is 0 Å². The molecule has 0 aliphatic carbocycles. The highest BCUT2D eigenvalue weighted by atomic mass is 16.2. The van der Waals surface area contributed by atoms with Crippen molar-refractivity contribution in [2.75, 3.05) is 33.2 Å². The maximum Gasteiger partial charge on any atom is 0.239 e. The molecule has 2 fully saturated rings. The molecule has 2 rings (SSSR count). The quantitative estimate of drug-likeness (QED) is 0.834. The minimum absolute atomic E-state index is 0.0601. The lowest BCUT2D eigenvalue weighted by Crippen LogP contribution is -2.54. The van der Waals surface area contributed by atoms with Crippen LogP contribution in [0.3, 0.4) is 0 Å². The van der Waals surface area contributed by atoms with Crippen molar-refractivity contribution in [1.29, 1.82) is 0 Å². The van der Waals surface area contributed by atoms with E-state index in [4.69, 9.17) is 0 Å². The van der Waals surface area contributed by atoms with Crippen LogP contribution in [0, 0.1) is 5.92 Å². The van der Waals surface area contributed by atoms with E-state index in [1.54, 1.807) is 0 Å². The van der Waals surface area contributed by atoms with Gasteiger partial charge in [0.25, 0.3) is 0 Å². The molecule has 0 spiro atoms. The molecular formula is C15H29N3O. The number of carbonyl (C=O) groups excluding carboxylic acids is 1. The summed E-state index contributed by atoms with van der Waals surface area (Å²) < 4.78 is 0. The van der Waals surface area contributed by atoms with E-state index >= 15 is 0 Å². The van der Waals surface area contributed by atoms with Gasteiger partial charge in [0.1, 0.15) is 0 Å². The van der Waals surface area contributed by atoms with Gasteiger partial charge < -0.3 is 10.2 Å². The van der Waals surface area contributed by atoms with Gasteiger partial charge in [-0.25, -0.2) is 0 Å². The third-order valence-electron chi connectivity index (χ3n) is 4.98. The van der Waals surface area contributed by atoms with Gasteiger partial charge in [-0.15, -0.1) is 0 Å². The normalized spacial score (nSPS) is 30.6. The standard InChI is InChI=1S/C15H29N3O/c1-4-13-11-18(10-7-14(13)16-3)12(2)15(19)17-8-5-6-9-17/h12-14,16H,4-11H2,1-3H3. The zero-order valence-electron chi connectivity index (χ0n) is 12.7. The number of amides is 1. The van der Waals surface area contributed by atoms with Crippen molar-refractivity contribution in [2.45, 2.75) is 51.6 Å². The number of piperidine rings is 1. The van der Waals surface area contributed by atoms with Gasteiger partial charge in [0, 0.05) is 32.2 Å². The highest BCUT2D eigenvalue weighted by Crippen LogP contribution is 2.23. The Morgan fingerprint density at radius 1 is 1.32 bits per heavy atom. The topological polar surface area (TPSA) is 35.6 Å². The fraction of sp³-hybridized carbons (Fsp3) is 0.933. The monoisotopic (exact) mass is 267 g/mol. The van der Waals surface area contributed by atoms with E-state index in [-0.39, 0.29) is 6.04 Å². The molecule has 2 aliphatic rings. The smallest absolute Gasteiger partial charge is 0.239 e. The largest absolute Gasteiger partial charge is 0.341 e. The first-order valence-corrected chi connectivity index (χ1v) is 7.87. The molecule has 3 unspecified atom stereocenters. The Morgan fingerprint density at radius 3 is 2.58 bits per heavy atom. The molecule has 19 heavy (non-hydrogen) atoms. The Morgan fingerprint density at radius 2 is 2.00 bits per heavy atom. The second-order valence-corrected chi connectivity index (χ2v) is 6.06. The van der Waals surface area contributed by atoms with Gasteiger partial charge in [0.15, 0.2) is 0 Å². The predicted octanol–water partition coefficient (Wildman–Crippen LogP) is 1.32. The maximum absolute atomic E-state index is 12.5. The van der Waals surface area contributed by atoms with Gasteiger partial charge in [-0.1, -0.05) is 13.3 Å². The van der Waals surface area contributed by atoms with Crippen molar-refractivity contribution in [3.8, 4) is 0 Å². The van der Waals surface area contributed by atoms with E-state index in [2.05, 4.69) is 36.0 Å². The number of hydrogen-bond donors (Lipinski definition) is 1. The minimum atomic E-state index is 0.0601. The van der Waals surface area contributed by atoms with E-state index in [1.807, 2.05) is 0 Å². The van der Waals surface area contributed by atoms with E-state index in [1.165, 1.54) is 19.3 Å². The molecule has 0 bridgehead atoms. The molecule has 0 saturated carbocycles. The van der Waals surface area contributed by atoms with E-state index < -0.39 is 0 Å². The molecular weight excluding hydrogens is 238 g/mol. The summed E-state index contributed by atoms with van der Waals surface area (Å²) in [5.41, 5.74) is 0. The Hall–Kier alpha value is -0.610. The van der Waals surface area contributed by atoms with Gasteiger partial charge in [0.2, 0.25) is 5.91 Å². The molecule has 4 nitrogen and oxygen atoms in total. The molecule has 0 radical (unpaired) electrons. The lowest BCUT2D eigenvalue weighted by atomic mass is 9.89. The van der Waals surface area contributed by atoms with Crippen LogP contribution in [-0.4, -0.2) is 61.0 Å². The summed E-state index contributed by atoms with van der Waals surface area (Å²) in [5.74, 6) is 1.02. The molecule has 0 aromatic heterocycles. The molecule has 0 aromatic rings. The van der Waals surface area contributed by atoms with Crippen LogP contribution in [0.1, 0.15) is 39.5 Å². The Kier molecular flexibility index (Phi) is 5.22. The first-order valence-electron chi connectivity index (χ1n) is 7.87. The summed E-state index contributed by atoms with van der Waals surface area (Å²) in [6.07, 6.45) is 4.70. The predicted molar refractivity (Wildman–Crippen MR) is 78.1 cm³/mol. The van der Waals surface area contributed by atoms with Crippen LogP contribution in [0.25, 0.3) is 0 Å². The van der Waals surface area contributed by atoms with Gasteiger partial charge in [-0.2, -0.15) is 0 Å². The zero-order chi connectivity index (χ0) is 13.8. The lowest BCUT2D eigenvalue weighted by molar-refractivity contribution is -0.136. The van der Waals surface area contributed by atoms with Crippen molar-refractivity contribution in [1.82, 2.24) is 15.1 Å². The number of nitrogens with zero attached hydrogens (tertiary/aromatic N) is 2. The van der Waals surface area contributed by atoms with Crippen molar-refractivity contribution < 1.29 is 4.79 Å². The Labute approximate surface area is 117 Å². The molecule has 2 heterocycles. The molecule has 1 N–H and O–H groups in total. The first-order chi connectivity index (χ1) is 9.17. The molecule has 4 heteroatoms. The van der Waals surface area contributed by atoms with Crippen LogP contribution in [0.5, 0.6) is 0 Å². The molecule has 0 aromatic carbocycles. The maximum atomic E-state index is 12.5. The summed E-state index contributed by atoms with van der Waals surface area (Å²) in [6, 6.07) is 0.681. The minimum Gasteiger partial charge on any atom is -0.341 e. The summed E-state index contributed by atoms with van der Waals surface area (Å²) in [5, 5.41) is 3.43.